The maximum atomic E-state index is 13.8. The summed E-state index contributed by atoms with van der Waals surface area (Å²) >= 11 is 1.03. The number of likely N-dealkylation sites (N-methyl/N-ethyl adjacent to an activating group) is 1. The van der Waals surface area contributed by atoms with Crippen LogP contribution in [0.15, 0.2) is 30.3 Å². The van der Waals surface area contributed by atoms with E-state index in [9.17, 15) is 69.0 Å². The van der Waals surface area contributed by atoms with Crippen LogP contribution in [0.3, 0.4) is 0 Å². The molecule has 3 rings (SSSR count). The quantitative estimate of drug-likeness (QED) is 0.0179. The second kappa shape index (κ2) is 31.3. The fourth-order valence-electron chi connectivity index (χ4n) is 6.74. The van der Waals surface area contributed by atoms with Gasteiger partial charge < -0.3 is 73.6 Å². The van der Waals surface area contributed by atoms with Crippen LogP contribution in [0.2, 0.25) is 0 Å². The van der Waals surface area contributed by atoms with Crippen molar-refractivity contribution in [3.8, 4) is 0 Å². The molecule has 2 unspecified atom stereocenters. The molecular formula is C40H65N13O14S3. The SMILES string of the molecule is CCNC(=O)[C@@H]1CSSC[C@H](NC(=O)[C@H](CC(=O)O)NC(O)CNC(=O)[C@H](CCCNC(=N)N)NC(=O)[C@@H]2CSC[C@@H](O)NCC(=O)N[C@@H](CC(=O)O)[C@H](O)N2)C(O)N[C@@H](Cc2ccccc2)C(=O)N1. The van der Waals surface area contributed by atoms with Crippen molar-refractivity contribution in [1.82, 2.24) is 58.5 Å². The van der Waals surface area contributed by atoms with Crippen molar-refractivity contribution < 1.29 is 69.0 Å². The number of aliphatic hydroxyl groups is 4. The molecular weight excluding hydrogens is 983 g/mol. The Morgan fingerprint density at radius 2 is 1.56 bits per heavy atom. The Bertz CT molecular complexity index is 1920. The number of carboxylic acid groups (broad SMARTS) is 2. The topological polar surface area (TPSA) is 440 Å². The Kier molecular flexibility index (Phi) is 26.5. The molecule has 20 N–H and O–H groups in total. The highest BCUT2D eigenvalue weighted by atomic mass is 33.1. The number of thioether (sulfide) groups is 1. The number of hydrogen-bond acceptors (Lipinski definition) is 20. The summed E-state index contributed by atoms with van der Waals surface area (Å²) in [5.41, 5.74) is 6.09. The Labute approximate surface area is 415 Å². The van der Waals surface area contributed by atoms with Gasteiger partial charge in [0.15, 0.2) is 5.96 Å². The number of aliphatic hydroxyl groups excluding tert-OH is 4. The van der Waals surface area contributed by atoms with Gasteiger partial charge in [-0.15, -0.1) is 0 Å². The van der Waals surface area contributed by atoms with Crippen molar-refractivity contribution >= 4 is 86.7 Å². The fraction of sp³-hybridized carbons (Fsp3) is 0.625. The highest BCUT2D eigenvalue weighted by Gasteiger charge is 2.35. The molecule has 0 aromatic heterocycles. The first-order valence-corrected chi connectivity index (χ1v) is 25.8. The molecule has 2 aliphatic rings. The zero-order valence-electron chi connectivity index (χ0n) is 38.2. The number of benzene rings is 1. The lowest BCUT2D eigenvalue weighted by Gasteiger charge is -2.30. The second-order valence-corrected chi connectivity index (χ2v) is 19.6. The van der Waals surface area contributed by atoms with Gasteiger partial charge in [0.05, 0.1) is 56.1 Å². The molecule has 6 amide bonds. The molecule has 0 saturated carbocycles. The summed E-state index contributed by atoms with van der Waals surface area (Å²) in [5, 5.41) is 98.5. The van der Waals surface area contributed by atoms with Crippen LogP contribution in [0.1, 0.15) is 38.2 Å². The average Bonchev–Trinajstić information content (AvgIpc) is 3.31. The summed E-state index contributed by atoms with van der Waals surface area (Å²) < 4.78 is 0. The maximum Gasteiger partial charge on any atom is 0.305 e. The predicted octanol–water partition coefficient (Wildman–Crippen LogP) is -6.49. The molecule has 11 atom stereocenters. The van der Waals surface area contributed by atoms with Gasteiger partial charge in [-0.1, -0.05) is 51.9 Å². The van der Waals surface area contributed by atoms with E-state index in [1.54, 1.807) is 37.3 Å². The average molecular weight is 1050 g/mol. The van der Waals surface area contributed by atoms with Crippen molar-refractivity contribution in [3.63, 3.8) is 0 Å². The van der Waals surface area contributed by atoms with Crippen molar-refractivity contribution in [2.24, 2.45) is 5.73 Å². The number of carbonyl (C=O) groups excluding carboxylic acids is 6. The van der Waals surface area contributed by atoms with Crippen LogP contribution in [0.4, 0.5) is 0 Å². The smallest absolute Gasteiger partial charge is 0.305 e. The van der Waals surface area contributed by atoms with Gasteiger partial charge in [0.2, 0.25) is 35.4 Å². The monoisotopic (exact) mass is 1050 g/mol. The third kappa shape index (κ3) is 22.4. The summed E-state index contributed by atoms with van der Waals surface area (Å²) in [5.74, 6) is -7.74. The Morgan fingerprint density at radius 3 is 2.23 bits per heavy atom. The van der Waals surface area contributed by atoms with Gasteiger partial charge in [-0.3, -0.25) is 65.0 Å². The van der Waals surface area contributed by atoms with Crippen LogP contribution in [0.5, 0.6) is 0 Å². The molecule has 0 spiro atoms. The Hall–Kier alpha value is -5.02. The summed E-state index contributed by atoms with van der Waals surface area (Å²) in [6, 6.07) is -0.163. The van der Waals surface area contributed by atoms with Gasteiger partial charge in [-0.05, 0) is 31.7 Å². The van der Waals surface area contributed by atoms with E-state index in [0.717, 1.165) is 22.6 Å². The van der Waals surface area contributed by atoms with Crippen LogP contribution in [0.25, 0.3) is 0 Å². The molecule has 2 fully saturated rings. The molecule has 0 radical (unpaired) electrons. The van der Waals surface area contributed by atoms with Gasteiger partial charge in [-0.25, -0.2) is 0 Å². The van der Waals surface area contributed by atoms with Crippen molar-refractivity contribution in [2.75, 3.05) is 49.2 Å². The Balaban J connectivity index is 1.76. The molecule has 2 heterocycles. The third-order valence-electron chi connectivity index (χ3n) is 10.3. The van der Waals surface area contributed by atoms with E-state index in [1.807, 2.05) is 0 Å². The highest BCUT2D eigenvalue weighted by molar-refractivity contribution is 8.76. The zero-order chi connectivity index (χ0) is 51.8. The maximum absolute atomic E-state index is 13.8. The first-order chi connectivity index (χ1) is 33.3. The molecule has 30 heteroatoms. The Morgan fingerprint density at radius 1 is 0.843 bits per heavy atom. The molecule has 2 saturated heterocycles. The molecule has 2 aliphatic heterocycles. The van der Waals surface area contributed by atoms with Crippen LogP contribution in [-0.2, 0) is 44.8 Å². The standard InChI is InChI=1S/C40H65N13O14S3/c1-2-43-34(62)26-17-69-70-18-27(39(67)50-22(35(63)52-26)11-20-7-4-3-5-8-20)53-37(65)24(13-32(59)60)48-29(55)15-46-33(61)21(9-6-10-44-40(41)42)49-38(66)25-16-68-19-30(56)45-14-28(54)47-23(12-31(57)58)36(64)51-25/h3-5,7-8,21-27,29-30,36,39,45,48,50-51,55-56,64,67H,2,6,9-19H2,1H3,(H,43,62)(H,46,61)(H,47,54)(H,49,66)(H,52,63)(H,53,65)(H,57,58)(H,59,60)(H4,41,42,44)/t21-,22-,23-,24-,25-,26-,27-,29?,30+,36-,39?/m0/s1. The van der Waals surface area contributed by atoms with Gasteiger partial charge in [0.1, 0.15) is 37.0 Å². The van der Waals surface area contributed by atoms with E-state index in [0.29, 0.717) is 12.1 Å². The molecule has 70 heavy (non-hydrogen) atoms. The number of aliphatic carboxylic acids is 2. The first-order valence-electron chi connectivity index (χ1n) is 22.1. The molecule has 0 aliphatic carbocycles. The van der Waals surface area contributed by atoms with Gasteiger partial charge in [0.25, 0.3) is 0 Å². The van der Waals surface area contributed by atoms with Crippen LogP contribution in [-0.4, -0.2) is 200 Å². The minimum Gasteiger partial charge on any atom is -0.481 e. The number of guanidine groups is 1. The number of nitrogens with two attached hydrogens (primary N) is 1. The lowest BCUT2D eigenvalue weighted by molar-refractivity contribution is -0.141. The third-order valence-corrected chi connectivity index (χ3v) is 13.8. The first kappa shape index (κ1) is 59.3. The van der Waals surface area contributed by atoms with Crippen molar-refractivity contribution in [2.45, 2.75) is 106 Å². The van der Waals surface area contributed by atoms with Crippen LogP contribution >= 0.6 is 33.3 Å². The molecule has 1 aromatic rings. The minimum absolute atomic E-state index is 0.000941. The van der Waals surface area contributed by atoms with Crippen molar-refractivity contribution in [1.29, 1.82) is 5.41 Å². The van der Waals surface area contributed by atoms with Gasteiger partial charge in [-0.2, -0.15) is 11.8 Å². The largest absolute Gasteiger partial charge is 0.481 e. The summed E-state index contributed by atoms with van der Waals surface area (Å²) in [4.78, 5) is 104. The molecule has 1 aromatic carbocycles. The number of hydrogen-bond donors (Lipinski definition) is 19. The van der Waals surface area contributed by atoms with E-state index in [2.05, 4.69) is 58.5 Å². The lowest BCUT2D eigenvalue weighted by atomic mass is 10.0. The van der Waals surface area contributed by atoms with E-state index in [1.165, 1.54) is 10.8 Å². The predicted molar refractivity (Wildman–Crippen MR) is 258 cm³/mol. The lowest BCUT2D eigenvalue weighted by Crippen LogP contribution is -2.62. The number of rotatable bonds is 21. The van der Waals surface area contributed by atoms with E-state index >= 15 is 0 Å². The van der Waals surface area contributed by atoms with E-state index in [-0.39, 0.29) is 54.8 Å². The number of amides is 6. The second-order valence-electron chi connectivity index (χ2n) is 16.0. The normalized spacial score (nSPS) is 25.2. The number of carbonyl (C=O) groups is 8. The van der Waals surface area contributed by atoms with Crippen LogP contribution in [0, 0.1) is 5.41 Å². The fourth-order valence-corrected chi connectivity index (χ4v) is 10.1. The van der Waals surface area contributed by atoms with E-state index < -0.39 is 141 Å². The van der Waals surface area contributed by atoms with Gasteiger partial charge in [0, 0.05) is 36.1 Å². The van der Waals surface area contributed by atoms with Gasteiger partial charge >= 0.3 is 11.9 Å². The summed E-state index contributed by atoms with van der Waals surface area (Å²) in [6.07, 6.45) is -7.89. The summed E-state index contributed by atoms with van der Waals surface area (Å²) in [7, 11) is 2.35. The molecule has 27 nitrogen and oxygen atoms in total. The van der Waals surface area contributed by atoms with Crippen molar-refractivity contribution in [3.05, 3.63) is 35.9 Å². The van der Waals surface area contributed by atoms with Crippen LogP contribution < -0.4 is 64.2 Å². The summed E-state index contributed by atoms with van der Waals surface area (Å²) in [6.45, 7) is 1.08. The molecule has 392 valence electrons. The highest BCUT2D eigenvalue weighted by Crippen LogP contribution is 2.25. The minimum atomic E-state index is -1.79. The zero-order valence-corrected chi connectivity index (χ0v) is 40.6. The number of nitrogens with one attached hydrogen (secondary N) is 12. The number of carboxylic acids is 2. The molecule has 0 bridgehead atoms. The van der Waals surface area contributed by atoms with E-state index in [4.69, 9.17) is 11.1 Å².